The molecule has 1 aliphatic heterocycles. The van der Waals surface area contributed by atoms with Gasteiger partial charge in [0.15, 0.2) is 0 Å². The Balaban J connectivity index is 1.94. The van der Waals surface area contributed by atoms with Crippen molar-refractivity contribution in [2.45, 2.75) is 51.4 Å². The van der Waals surface area contributed by atoms with Gasteiger partial charge in [0, 0.05) is 18.3 Å². The van der Waals surface area contributed by atoms with E-state index in [0.29, 0.717) is 6.04 Å². The molecule has 1 N–H and O–H groups in total. The zero-order valence-electron chi connectivity index (χ0n) is 12.0. The quantitative estimate of drug-likeness (QED) is 0.824. The van der Waals surface area contributed by atoms with Crippen LogP contribution in [0.1, 0.15) is 32.6 Å². The first-order valence-electron chi connectivity index (χ1n) is 7.21. The molecule has 118 valence electrons. The summed E-state index contributed by atoms with van der Waals surface area (Å²) in [5.41, 5.74) is 0.809. The molecule has 1 fully saturated rings. The number of ether oxygens (including phenoxy) is 2. The van der Waals surface area contributed by atoms with E-state index in [9.17, 15) is 8.78 Å². The minimum atomic E-state index is -2.87. The first-order chi connectivity index (χ1) is 10.1. The molecule has 0 spiro atoms. The fraction of sp³-hybridized carbons (Fsp3) is 0.600. The van der Waals surface area contributed by atoms with Gasteiger partial charge in [-0.15, -0.1) is 0 Å². The maximum absolute atomic E-state index is 12.2. The van der Waals surface area contributed by atoms with Crippen molar-refractivity contribution in [1.29, 1.82) is 0 Å². The lowest BCUT2D eigenvalue weighted by molar-refractivity contribution is -0.0497. The summed E-state index contributed by atoms with van der Waals surface area (Å²) in [4.78, 5) is 0. The third kappa shape index (κ3) is 5.00. The fourth-order valence-corrected chi connectivity index (χ4v) is 2.78. The number of halogens is 3. The summed E-state index contributed by atoms with van der Waals surface area (Å²) >= 11 is 5.95. The van der Waals surface area contributed by atoms with Gasteiger partial charge in [0.25, 0.3) is 0 Å². The lowest BCUT2D eigenvalue weighted by Crippen LogP contribution is -2.33. The Hall–Kier alpha value is -1.07. The molecule has 0 aromatic heterocycles. The van der Waals surface area contributed by atoms with Crippen molar-refractivity contribution in [2.24, 2.45) is 0 Å². The van der Waals surface area contributed by atoms with Crippen molar-refractivity contribution in [1.82, 2.24) is 0 Å². The molecule has 2 unspecified atom stereocenters. The van der Waals surface area contributed by atoms with Gasteiger partial charge >= 0.3 is 6.61 Å². The topological polar surface area (TPSA) is 30.5 Å². The van der Waals surface area contributed by atoms with Crippen molar-refractivity contribution in [3.05, 3.63) is 23.2 Å². The van der Waals surface area contributed by atoms with Gasteiger partial charge in [-0.25, -0.2) is 0 Å². The molecule has 2 atom stereocenters. The van der Waals surface area contributed by atoms with Crippen molar-refractivity contribution in [3.63, 3.8) is 0 Å². The minimum Gasteiger partial charge on any atom is -0.433 e. The number of alkyl halides is 2. The van der Waals surface area contributed by atoms with Gasteiger partial charge in [-0.1, -0.05) is 24.9 Å². The van der Waals surface area contributed by atoms with Gasteiger partial charge in [0.2, 0.25) is 0 Å². The fourth-order valence-electron chi connectivity index (χ4n) is 2.55. The second kappa shape index (κ2) is 7.80. The number of hydrogen-bond acceptors (Lipinski definition) is 3. The van der Waals surface area contributed by atoms with E-state index in [1.807, 2.05) is 0 Å². The van der Waals surface area contributed by atoms with Crippen molar-refractivity contribution in [3.8, 4) is 5.75 Å². The Morgan fingerprint density at radius 1 is 1.48 bits per heavy atom. The maximum atomic E-state index is 12.2. The number of rotatable bonds is 6. The van der Waals surface area contributed by atoms with Crippen LogP contribution in [0.3, 0.4) is 0 Å². The highest BCUT2D eigenvalue weighted by atomic mass is 35.5. The average Bonchev–Trinajstić information content (AvgIpc) is 2.42. The number of hydrogen-bond donors (Lipinski definition) is 1. The Morgan fingerprint density at radius 3 is 2.95 bits per heavy atom. The molecule has 1 aliphatic rings. The Morgan fingerprint density at radius 2 is 2.29 bits per heavy atom. The van der Waals surface area contributed by atoms with E-state index in [0.717, 1.165) is 38.0 Å². The van der Waals surface area contributed by atoms with Crippen LogP contribution < -0.4 is 10.1 Å². The molecule has 1 aromatic carbocycles. The molecular formula is C15H20ClF2NO2. The van der Waals surface area contributed by atoms with Gasteiger partial charge in [-0.3, -0.25) is 0 Å². The highest BCUT2D eigenvalue weighted by Crippen LogP contribution is 2.30. The maximum Gasteiger partial charge on any atom is 0.387 e. The number of nitrogens with one attached hydrogen (secondary N) is 1. The second-order valence-corrected chi connectivity index (χ2v) is 5.58. The summed E-state index contributed by atoms with van der Waals surface area (Å²) in [5, 5.41) is 3.56. The SMILES string of the molecule is CCCC1CC(Nc2ccc(OC(F)F)c(Cl)c2)CCO1. The predicted molar refractivity (Wildman–Crippen MR) is 79.4 cm³/mol. The summed E-state index contributed by atoms with van der Waals surface area (Å²) in [6, 6.07) is 5.09. The zero-order valence-corrected chi connectivity index (χ0v) is 12.7. The van der Waals surface area contributed by atoms with Crippen LogP contribution in [-0.4, -0.2) is 25.4 Å². The van der Waals surface area contributed by atoms with Gasteiger partial charge in [-0.05, 0) is 37.5 Å². The molecule has 1 aromatic rings. The zero-order chi connectivity index (χ0) is 15.2. The van der Waals surface area contributed by atoms with Crippen LogP contribution in [0.25, 0.3) is 0 Å². The number of anilines is 1. The van der Waals surface area contributed by atoms with Crippen LogP contribution in [0.5, 0.6) is 5.75 Å². The first kappa shape index (κ1) is 16.3. The normalized spacial score (nSPS) is 22.3. The van der Waals surface area contributed by atoms with Crippen LogP contribution in [0, 0.1) is 0 Å². The molecule has 0 bridgehead atoms. The monoisotopic (exact) mass is 319 g/mol. The third-order valence-corrected chi connectivity index (χ3v) is 3.79. The van der Waals surface area contributed by atoms with Crippen LogP contribution in [0.4, 0.5) is 14.5 Å². The van der Waals surface area contributed by atoms with Crippen molar-refractivity contribution >= 4 is 17.3 Å². The van der Waals surface area contributed by atoms with E-state index in [-0.39, 0.29) is 16.9 Å². The van der Waals surface area contributed by atoms with Crippen LogP contribution in [0.15, 0.2) is 18.2 Å². The first-order valence-corrected chi connectivity index (χ1v) is 7.58. The minimum absolute atomic E-state index is 0.00643. The smallest absolute Gasteiger partial charge is 0.387 e. The summed E-state index contributed by atoms with van der Waals surface area (Å²) in [6.45, 7) is 0.0106. The highest BCUT2D eigenvalue weighted by molar-refractivity contribution is 6.32. The molecule has 0 amide bonds. The van der Waals surface area contributed by atoms with E-state index in [1.165, 1.54) is 6.07 Å². The van der Waals surface area contributed by atoms with E-state index in [4.69, 9.17) is 16.3 Å². The Labute approximate surface area is 128 Å². The van der Waals surface area contributed by atoms with Crippen LogP contribution >= 0.6 is 11.6 Å². The third-order valence-electron chi connectivity index (χ3n) is 3.50. The van der Waals surface area contributed by atoms with Gasteiger partial charge < -0.3 is 14.8 Å². The predicted octanol–water partition coefficient (Wildman–Crippen LogP) is 4.70. The largest absolute Gasteiger partial charge is 0.433 e. The summed E-state index contributed by atoms with van der Waals surface area (Å²) in [5.74, 6) is -0.00643. The molecule has 21 heavy (non-hydrogen) atoms. The molecule has 1 saturated heterocycles. The van der Waals surface area contributed by atoms with Crippen LogP contribution in [0.2, 0.25) is 5.02 Å². The molecular weight excluding hydrogens is 300 g/mol. The lowest BCUT2D eigenvalue weighted by atomic mass is 10.00. The molecule has 1 heterocycles. The highest BCUT2D eigenvalue weighted by Gasteiger charge is 2.22. The van der Waals surface area contributed by atoms with Crippen molar-refractivity contribution in [2.75, 3.05) is 11.9 Å². The van der Waals surface area contributed by atoms with Gasteiger partial charge in [0.05, 0.1) is 11.1 Å². The van der Waals surface area contributed by atoms with E-state index < -0.39 is 6.61 Å². The molecule has 2 rings (SSSR count). The molecule has 0 aliphatic carbocycles. The summed E-state index contributed by atoms with van der Waals surface area (Å²) < 4.78 is 34.4. The second-order valence-electron chi connectivity index (χ2n) is 5.17. The molecule has 0 radical (unpaired) electrons. The van der Waals surface area contributed by atoms with Crippen LogP contribution in [-0.2, 0) is 4.74 Å². The Bertz CT molecular complexity index is 457. The van der Waals surface area contributed by atoms with E-state index in [1.54, 1.807) is 12.1 Å². The number of benzene rings is 1. The van der Waals surface area contributed by atoms with E-state index in [2.05, 4.69) is 17.0 Å². The molecule has 6 heteroatoms. The molecule has 3 nitrogen and oxygen atoms in total. The Kier molecular flexibility index (Phi) is 6.06. The van der Waals surface area contributed by atoms with Gasteiger partial charge in [-0.2, -0.15) is 8.78 Å². The lowest BCUT2D eigenvalue weighted by Gasteiger charge is -2.30. The molecule has 0 saturated carbocycles. The van der Waals surface area contributed by atoms with Crippen molar-refractivity contribution < 1.29 is 18.3 Å². The summed E-state index contributed by atoms with van der Waals surface area (Å²) in [7, 11) is 0. The summed E-state index contributed by atoms with van der Waals surface area (Å²) in [6.07, 6.45) is 4.31. The van der Waals surface area contributed by atoms with Gasteiger partial charge in [0.1, 0.15) is 5.75 Å². The average molecular weight is 320 g/mol. The standard InChI is InChI=1S/C15H20ClF2NO2/c1-2-3-12-8-11(6-7-20-12)19-10-4-5-14(13(16)9-10)21-15(17)18/h4-5,9,11-12,15,19H,2-3,6-8H2,1H3. The van der Waals surface area contributed by atoms with E-state index >= 15 is 0 Å².